The van der Waals surface area contributed by atoms with Gasteiger partial charge in [0.05, 0.1) is 5.54 Å². The third-order valence-electron chi connectivity index (χ3n) is 2.65. The molecular weight excluding hydrogens is 346 g/mol. The van der Waals surface area contributed by atoms with Gasteiger partial charge < -0.3 is 5.32 Å². The summed E-state index contributed by atoms with van der Waals surface area (Å²) < 4.78 is 0. The smallest absolute Gasteiger partial charge is 0.252 e. The molecule has 0 saturated carbocycles. The van der Waals surface area contributed by atoms with E-state index in [4.69, 9.17) is 0 Å². The summed E-state index contributed by atoms with van der Waals surface area (Å²) in [7, 11) is 0. The topological polar surface area (TPSA) is 29.1 Å². The molecule has 4 heteroatoms. The fourth-order valence-electron chi connectivity index (χ4n) is 1.49. The molecule has 1 aromatic carbocycles. The number of carbonyl (C=O) groups excluding carboxylic acids is 1. The minimum atomic E-state index is -0.266. The van der Waals surface area contributed by atoms with Crippen LogP contribution in [0.5, 0.6) is 0 Å². The number of rotatable bonds is 5. The van der Waals surface area contributed by atoms with Crippen molar-refractivity contribution in [3.63, 3.8) is 0 Å². The van der Waals surface area contributed by atoms with E-state index < -0.39 is 0 Å². The lowest BCUT2D eigenvalue weighted by Crippen LogP contribution is -2.49. The lowest BCUT2D eigenvalue weighted by molar-refractivity contribution is 0.0922. The highest BCUT2D eigenvalue weighted by Gasteiger charge is 2.24. The summed E-state index contributed by atoms with van der Waals surface area (Å²) in [6.07, 6.45) is 0.864. The molecule has 0 heterocycles. The van der Waals surface area contributed by atoms with E-state index in [0.29, 0.717) is 10.7 Å². The van der Waals surface area contributed by atoms with Crippen molar-refractivity contribution in [2.75, 3.05) is 10.7 Å². The monoisotopic (exact) mass is 361 g/mol. The highest BCUT2D eigenvalue weighted by Crippen LogP contribution is 2.15. The van der Waals surface area contributed by atoms with E-state index in [-0.39, 0.29) is 11.4 Å². The molecule has 1 rings (SSSR count). The number of hydrogen-bond donors (Lipinski definition) is 1. The van der Waals surface area contributed by atoms with Crippen LogP contribution in [-0.4, -0.2) is 22.1 Å². The molecule has 1 N–H and O–H groups in total. The van der Waals surface area contributed by atoms with Crippen molar-refractivity contribution in [2.45, 2.75) is 25.8 Å². The van der Waals surface area contributed by atoms with Crippen LogP contribution in [-0.2, 0) is 6.42 Å². The number of halogens is 2. The van der Waals surface area contributed by atoms with Crippen molar-refractivity contribution in [1.29, 1.82) is 0 Å². The standard InChI is InChI=1S/C13H17Br2NO/c1-3-10-6-4-5-7-11(10)12(17)16-13(2,8-14)9-15/h4-7H,3,8-9H2,1-2H3,(H,16,17). The molecule has 0 aliphatic heterocycles. The van der Waals surface area contributed by atoms with E-state index in [0.717, 1.165) is 17.5 Å². The zero-order valence-electron chi connectivity index (χ0n) is 10.1. The molecule has 0 saturated heterocycles. The lowest BCUT2D eigenvalue weighted by atomic mass is 10.0. The first-order chi connectivity index (χ1) is 8.06. The second-order valence-electron chi connectivity index (χ2n) is 4.29. The minimum Gasteiger partial charge on any atom is -0.345 e. The van der Waals surface area contributed by atoms with Gasteiger partial charge in [-0.25, -0.2) is 0 Å². The molecule has 0 atom stereocenters. The fraction of sp³-hybridized carbons (Fsp3) is 0.462. The molecule has 0 aliphatic rings. The molecule has 17 heavy (non-hydrogen) atoms. The Bertz CT molecular complexity index is 389. The highest BCUT2D eigenvalue weighted by atomic mass is 79.9. The van der Waals surface area contributed by atoms with Crippen LogP contribution in [0.3, 0.4) is 0 Å². The normalized spacial score (nSPS) is 11.3. The Morgan fingerprint density at radius 2 is 1.88 bits per heavy atom. The highest BCUT2D eigenvalue weighted by molar-refractivity contribution is 9.09. The SMILES string of the molecule is CCc1ccccc1C(=O)NC(C)(CBr)CBr. The van der Waals surface area contributed by atoms with Crippen LogP contribution in [0.25, 0.3) is 0 Å². The van der Waals surface area contributed by atoms with Gasteiger partial charge >= 0.3 is 0 Å². The Kier molecular flexibility index (Phi) is 5.67. The maximum Gasteiger partial charge on any atom is 0.252 e. The second-order valence-corrected chi connectivity index (χ2v) is 5.41. The summed E-state index contributed by atoms with van der Waals surface area (Å²) in [5, 5.41) is 4.48. The number of nitrogens with one attached hydrogen (secondary N) is 1. The Hall–Kier alpha value is -0.350. The third-order valence-corrected chi connectivity index (χ3v) is 5.12. The van der Waals surface area contributed by atoms with Gasteiger partial charge in [0, 0.05) is 16.2 Å². The van der Waals surface area contributed by atoms with Gasteiger partial charge in [-0.3, -0.25) is 4.79 Å². The molecule has 2 nitrogen and oxygen atoms in total. The van der Waals surface area contributed by atoms with Crippen molar-refractivity contribution in [1.82, 2.24) is 5.32 Å². The summed E-state index contributed by atoms with van der Waals surface area (Å²) in [6, 6.07) is 7.73. The van der Waals surface area contributed by atoms with E-state index in [1.807, 2.05) is 31.2 Å². The van der Waals surface area contributed by atoms with Gasteiger partial charge in [0.2, 0.25) is 0 Å². The average molecular weight is 363 g/mol. The van der Waals surface area contributed by atoms with Gasteiger partial charge in [-0.15, -0.1) is 0 Å². The minimum absolute atomic E-state index is 0.0103. The number of aryl methyl sites for hydroxylation is 1. The summed E-state index contributed by atoms with van der Waals surface area (Å²) in [5.41, 5.74) is 1.58. The van der Waals surface area contributed by atoms with Crippen molar-refractivity contribution in [3.8, 4) is 0 Å². The Morgan fingerprint density at radius 1 is 1.29 bits per heavy atom. The number of carbonyl (C=O) groups is 1. The first kappa shape index (κ1) is 14.7. The summed E-state index contributed by atoms with van der Waals surface area (Å²) in [6.45, 7) is 4.06. The molecular formula is C13H17Br2NO. The third kappa shape index (κ3) is 3.81. The molecule has 0 radical (unpaired) electrons. The molecule has 94 valence electrons. The van der Waals surface area contributed by atoms with Crippen LogP contribution in [0.2, 0.25) is 0 Å². The van der Waals surface area contributed by atoms with E-state index in [1.165, 1.54) is 0 Å². The van der Waals surface area contributed by atoms with E-state index in [9.17, 15) is 4.79 Å². The van der Waals surface area contributed by atoms with Crippen LogP contribution < -0.4 is 5.32 Å². The molecule has 0 fully saturated rings. The Balaban J connectivity index is 2.90. The zero-order chi connectivity index (χ0) is 12.9. The number of alkyl halides is 2. The maximum atomic E-state index is 12.2. The average Bonchev–Trinajstić information content (AvgIpc) is 2.38. The predicted molar refractivity (Wildman–Crippen MR) is 79.3 cm³/mol. The molecule has 0 unspecified atom stereocenters. The first-order valence-electron chi connectivity index (χ1n) is 5.58. The van der Waals surface area contributed by atoms with Crippen LogP contribution in [0.15, 0.2) is 24.3 Å². The van der Waals surface area contributed by atoms with Gasteiger partial charge in [0.15, 0.2) is 0 Å². The van der Waals surface area contributed by atoms with E-state index >= 15 is 0 Å². The summed E-state index contributed by atoms with van der Waals surface area (Å²) in [4.78, 5) is 12.2. The molecule has 0 spiro atoms. The molecule has 0 bridgehead atoms. The van der Waals surface area contributed by atoms with Crippen molar-refractivity contribution >= 4 is 37.8 Å². The van der Waals surface area contributed by atoms with E-state index in [1.54, 1.807) is 0 Å². The number of benzene rings is 1. The zero-order valence-corrected chi connectivity index (χ0v) is 13.3. The van der Waals surface area contributed by atoms with Gasteiger partial charge in [-0.05, 0) is 25.0 Å². The van der Waals surface area contributed by atoms with Crippen LogP contribution >= 0.6 is 31.9 Å². The van der Waals surface area contributed by atoms with Gasteiger partial charge in [-0.1, -0.05) is 57.0 Å². The van der Waals surface area contributed by atoms with E-state index in [2.05, 4.69) is 44.1 Å². The largest absolute Gasteiger partial charge is 0.345 e. The fourth-order valence-corrected chi connectivity index (χ4v) is 2.70. The Labute approximate surface area is 119 Å². The van der Waals surface area contributed by atoms with Crippen molar-refractivity contribution in [2.24, 2.45) is 0 Å². The van der Waals surface area contributed by atoms with Crippen molar-refractivity contribution in [3.05, 3.63) is 35.4 Å². The summed E-state index contributed by atoms with van der Waals surface area (Å²) >= 11 is 6.85. The van der Waals surface area contributed by atoms with Crippen LogP contribution in [0.4, 0.5) is 0 Å². The maximum absolute atomic E-state index is 12.2. The van der Waals surface area contributed by atoms with Crippen LogP contribution in [0, 0.1) is 0 Å². The first-order valence-corrected chi connectivity index (χ1v) is 7.83. The number of hydrogen-bond acceptors (Lipinski definition) is 1. The predicted octanol–water partition coefficient (Wildman–Crippen LogP) is 3.53. The molecule has 0 aliphatic carbocycles. The van der Waals surface area contributed by atoms with Gasteiger partial charge in [0.25, 0.3) is 5.91 Å². The molecule has 1 aromatic rings. The summed E-state index contributed by atoms with van der Waals surface area (Å²) in [5.74, 6) is -0.0103. The molecule has 1 amide bonds. The molecule has 0 aromatic heterocycles. The number of amides is 1. The van der Waals surface area contributed by atoms with Crippen molar-refractivity contribution < 1.29 is 4.79 Å². The van der Waals surface area contributed by atoms with Gasteiger partial charge in [0.1, 0.15) is 0 Å². The lowest BCUT2D eigenvalue weighted by Gasteiger charge is -2.26. The van der Waals surface area contributed by atoms with Gasteiger partial charge in [-0.2, -0.15) is 0 Å². The quantitative estimate of drug-likeness (QED) is 0.797. The van der Waals surface area contributed by atoms with Crippen LogP contribution in [0.1, 0.15) is 29.8 Å². The Morgan fingerprint density at radius 3 is 2.41 bits per heavy atom. The second kappa shape index (κ2) is 6.55.